The van der Waals surface area contributed by atoms with Crippen molar-refractivity contribution in [1.29, 1.82) is 0 Å². The van der Waals surface area contributed by atoms with Gasteiger partial charge in [-0.3, -0.25) is 0 Å². The Bertz CT molecular complexity index is 1350. The van der Waals surface area contributed by atoms with Crippen LogP contribution in [-0.2, 0) is 7.05 Å². The van der Waals surface area contributed by atoms with Crippen LogP contribution in [-0.4, -0.2) is 7.05 Å². The number of aryl methyl sites for hydroxylation is 1. The molecular formula is C25H22BrN2OS+. The predicted octanol–water partition coefficient (Wildman–Crippen LogP) is 7.05. The molecule has 0 spiro atoms. The minimum Gasteiger partial charge on any atom is -0.398 e. The third kappa shape index (κ3) is 3.26. The van der Waals surface area contributed by atoms with Crippen molar-refractivity contribution in [2.45, 2.75) is 18.2 Å². The maximum absolute atomic E-state index is 6.24. The average molecular weight is 478 g/mol. The molecule has 0 fully saturated rings. The van der Waals surface area contributed by atoms with E-state index in [1.54, 1.807) is 11.8 Å². The van der Waals surface area contributed by atoms with Gasteiger partial charge >= 0.3 is 5.89 Å². The fourth-order valence-corrected chi connectivity index (χ4v) is 5.37. The zero-order valence-electron chi connectivity index (χ0n) is 17.1. The summed E-state index contributed by atoms with van der Waals surface area (Å²) in [5.41, 5.74) is 4.51. The van der Waals surface area contributed by atoms with Crippen molar-refractivity contribution in [3.05, 3.63) is 81.6 Å². The quantitative estimate of drug-likeness (QED) is 0.294. The lowest BCUT2D eigenvalue weighted by Gasteiger charge is -2.14. The van der Waals surface area contributed by atoms with Gasteiger partial charge in [0, 0.05) is 16.4 Å². The van der Waals surface area contributed by atoms with Gasteiger partial charge in [-0.2, -0.15) is 4.57 Å². The van der Waals surface area contributed by atoms with E-state index in [0.717, 1.165) is 27.9 Å². The van der Waals surface area contributed by atoms with Crippen LogP contribution in [0.1, 0.15) is 19.2 Å². The van der Waals surface area contributed by atoms with Crippen LogP contribution >= 0.6 is 27.7 Å². The summed E-state index contributed by atoms with van der Waals surface area (Å²) < 4.78 is 9.49. The summed E-state index contributed by atoms with van der Waals surface area (Å²) in [6.45, 7) is 2.18. The fraction of sp³-hybridized carbons (Fsp3) is 0.160. The number of nitrogens with zero attached hydrogens (tertiary/aromatic N) is 2. The second-order valence-corrected chi connectivity index (χ2v) is 9.44. The predicted molar refractivity (Wildman–Crippen MR) is 130 cm³/mol. The van der Waals surface area contributed by atoms with E-state index in [2.05, 4.69) is 113 Å². The number of benzene rings is 3. The fourth-order valence-electron chi connectivity index (χ4n) is 3.91. The summed E-state index contributed by atoms with van der Waals surface area (Å²) >= 11 is 5.39. The third-order valence-electron chi connectivity index (χ3n) is 5.60. The Morgan fingerprint density at radius 1 is 1.17 bits per heavy atom. The van der Waals surface area contributed by atoms with E-state index in [1.807, 2.05) is 0 Å². The lowest BCUT2D eigenvalue weighted by Crippen LogP contribution is -2.29. The molecule has 0 saturated carbocycles. The highest BCUT2D eigenvalue weighted by atomic mass is 79.9. The van der Waals surface area contributed by atoms with Gasteiger partial charge in [0.05, 0.1) is 22.2 Å². The first kappa shape index (κ1) is 19.5. The molecule has 0 aliphatic carbocycles. The summed E-state index contributed by atoms with van der Waals surface area (Å²) in [6, 6.07) is 19.1. The molecule has 0 radical (unpaired) electrons. The van der Waals surface area contributed by atoms with Gasteiger partial charge in [-0.15, -0.1) is 0 Å². The average Bonchev–Trinajstić information content (AvgIpc) is 3.24. The van der Waals surface area contributed by atoms with E-state index in [9.17, 15) is 0 Å². The van der Waals surface area contributed by atoms with Crippen molar-refractivity contribution in [3.8, 4) is 0 Å². The standard InChI is InChI=1S/C25H22BrN2OS/c1-4-16(14-24-27(2)20-15-18(26)10-12-22(20)30-24)13-23-28(3)25-19-8-6-5-7-17(19)9-11-21(25)29-23/h5-15H,4H2,1-3H3/q+1. The molecule has 0 unspecified atom stereocenters. The van der Waals surface area contributed by atoms with E-state index in [0.29, 0.717) is 0 Å². The lowest BCUT2D eigenvalue weighted by molar-refractivity contribution is -0.651. The summed E-state index contributed by atoms with van der Waals surface area (Å²) in [5.74, 6) is 0.862. The van der Waals surface area contributed by atoms with Crippen molar-refractivity contribution >= 4 is 61.3 Å². The van der Waals surface area contributed by atoms with E-state index in [4.69, 9.17) is 4.42 Å². The largest absolute Gasteiger partial charge is 0.398 e. The Hall–Kier alpha value is -2.50. The number of rotatable bonds is 3. The van der Waals surface area contributed by atoms with Gasteiger partial charge in [0.25, 0.3) is 5.52 Å². The van der Waals surface area contributed by atoms with Crippen LogP contribution < -0.4 is 9.47 Å². The van der Waals surface area contributed by atoms with Crippen molar-refractivity contribution < 1.29 is 8.98 Å². The van der Waals surface area contributed by atoms with Crippen LogP contribution in [0.15, 0.2) is 85.1 Å². The van der Waals surface area contributed by atoms with Crippen molar-refractivity contribution in [2.75, 3.05) is 11.9 Å². The topological polar surface area (TPSA) is 20.3 Å². The van der Waals surface area contributed by atoms with E-state index in [-0.39, 0.29) is 0 Å². The number of anilines is 1. The van der Waals surface area contributed by atoms with Gasteiger partial charge < -0.3 is 9.32 Å². The molecule has 5 rings (SSSR count). The van der Waals surface area contributed by atoms with Crippen LogP contribution in [0.4, 0.5) is 5.69 Å². The van der Waals surface area contributed by atoms with E-state index >= 15 is 0 Å². The highest BCUT2D eigenvalue weighted by molar-refractivity contribution is 9.10. The van der Waals surface area contributed by atoms with E-state index < -0.39 is 0 Å². The smallest absolute Gasteiger partial charge is 0.374 e. The first-order valence-corrected chi connectivity index (χ1v) is 11.6. The summed E-state index contributed by atoms with van der Waals surface area (Å²) in [5, 5.41) is 3.66. The summed E-state index contributed by atoms with van der Waals surface area (Å²) in [4.78, 5) is 3.53. The van der Waals surface area contributed by atoms with Gasteiger partial charge in [0.15, 0.2) is 0 Å². The molecule has 1 aliphatic heterocycles. The SMILES string of the molecule is CCC(=Cc1oc2ccc3ccccc3c2[n+]1C)C=C1Sc2ccc(Br)cc2N1C. The highest BCUT2D eigenvalue weighted by Gasteiger charge is 2.23. The lowest BCUT2D eigenvalue weighted by atomic mass is 10.1. The highest BCUT2D eigenvalue weighted by Crippen LogP contribution is 2.46. The maximum Gasteiger partial charge on any atom is 0.374 e. The zero-order valence-corrected chi connectivity index (χ0v) is 19.5. The first-order valence-electron chi connectivity index (χ1n) is 9.99. The minimum absolute atomic E-state index is 0.862. The molecule has 3 aromatic carbocycles. The van der Waals surface area contributed by atoms with Gasteiger partial charge in [-0.25, -0.2) is 0 Å². The molecule has 2 heterocycles. The number of thioether (sulfide) groups is 1. The minimum atomic E-state index is 0.862. The van der Waals surface area contributed by atoms with Gasteiger partial charge in [0.1, 0.15) is 7.05 Å². The zero-order chi connectivity index (χ0) is 20.8. The van der Waals surface area contributed by atoms with Crippen molar-refractivity contribution in [1.82, 2.24) is 0 Å². The normalized spacial score (nSPS) is 15.5. The van der Waals surface area contributed by atoms with Crippen LogP contribution in [0.25, 0.3) is 27.9 Å². The van der Waals surface area contributed by atoms with Crippen LogP contribution in [0.3, 0.4) is 0 Å². The van der Waals surface area contributed by atoms with Gasteiger partial charge in [-0.05, 0) is 53.8 Å². The number of allylic oxidation sites excluding steroid dienone is 2. The third-order valence-corrected chi connectivity index (χ3v) is 7.26. The van der Waals surface area contributed by atoms with E-state index in [1.165, 1.54) is 32.0 Å². The maximum atomic E-state index is 6.24. The van der Waals surface area contributed by atoms with Gasteiger partial charge in [-0.1, -0.05) is 58.9 Å². The Kier molecular flexibility index (Phi) is 4.95. The Labute approximate surface area is 188 Å². The van der Waals surface area contributed by atoms with Crippen LogP contribution in [0.2, 0.25) is 0 Å². The molecule has 0 bridgehead atoms. The number of hydrogen-bond acceptors (Lipinski definition) is 3. The molecule has 1 aliphatic rings. The summed E-state index contributed by atoms with van der Waals surface area (Å²) in [6.07, 6.45) is 5.36. The Morgan fingerprint density at radius 2 is 2.00 bits per heavy atom. The summed E-state index contributed by atoms with van der Waals surface area (Å²) in [7, 11) is 4.20. The van der Waals surface area contributed by atoms with Crippen LogP contribution in [0, 0.1) is 0 Å². The monoisotopic (exact) mass is 477 g/mol. The molecule has 1 aromatic heterocycles. The molecule has 0 amide bonds. The number of fused-ring (bicyclic) bond motifs is 4. The van der Waals surface area contributed by atoms with Gasteiger partial charge in [0.2, 0.25) is 5.58 Å². The number of oxazole rings is 1. The number of aromatic nitrogens is 1. The molecular weight excluding hydrogens is 456 g/mol. The molecule has 30 heavy (non-hydrogen) atoms. The van der Waals surface area contributed by atoms with Crippen molar-refractivity contribution in [3.63, 3.8) is 0 Å². The molecule has 5 heteroatoms. The molecule has 0 atom stereocenters. The number of hydrogen-bond donors (Lipinski definition) is 0. The second-order valence-electron chi connectivity index (χ2n) is 7.46. The second kappa shape index (κ2) is 7.64. The number of halogens is 1. The Balaban J connectivity index is 1.57. The molecule has 4 aromatic rings. The molecule has 150 valence electrons. The molecule has 0 N–H and O–H groups in total. The van der Waals surface area contributed by atoms with Crippen molar-refractivity contribution in [2.24, 2.45) is 7.05 Å². The molecule has 3 nitrogen and oxygen atoms in total. The Morgan fingerprint density at radius 3 is 2.83 bits per heavy atom. The van der Waals surface area contributed by atoms with Crippen LogP contribution in [0.5, 0.6) is 0 Å². The first-order chi connectivity index (χ1) is 14.5. The molecule has 0 saturated heterocycles.